The SMILES string of the molecule is CC1CN(CCC(=O)N[C@@H](Cc2ccc(O)cc2)C(=O)O)CCC1(C)c1cccc(O)c1. The number of benzene rings is 2. The second-order valence-corrected chi connectivity index (χ2v) is 9.00. The average molecular weight is 441 g/mol. The van der Waals surface area contributed by atoms with Crippen LogP contribution in [-0.4, -0.2) is 57.8 Å². The highest BCUT2D eigenvalue weighted by atomic mass is 16.4. The summed E-state index contributed by atoms with van der Waals surface area (Å²) in [4.78, 5) is 26.3. The summed E-state index contributed by atoms with van der Waals surface area (Å²) >= 11 is 0. The van der Waals surface area contributed by atoms with Gasteiger partial charge in [-0.15, -0.1) is 0 Å². The number of piperidine rings is 1. The lowest BCUT2D eigenvalue weighted by Crippen LogP contribution is -2.48. The molecule has 0 spiro atoms. The van der Waals surface area contributed by atoms with Gasteiger partial charge in [-0.25, -0.2) is 4.79 Å². The Bertz CT molecular complexity index is 946. The molecule has 1 amide bonds. The van der Waals surface area contributed by atoms with E-state index in [0.29, 0.717) is 12.5 Å². The molecule has 1 aliphatic rings. The first-order valence-corrected chi connectivity index (χ1v) is 11.0. The Morgan fingerprint density at radius 2 is 1.88 bits per heavy atom. The van der Waals surface area contributed by atoms with E-state index >= 15 is 0 Å². The number of aromatic hydroxyl groups is 2. The fourth-order valence-electron chi connectivity index (χ4n) is 4.40. The van der Waals surface area contributed by atoms with Crippen molar-refractivity contribution < 1.29 is 24.9 Å². The van der Waals surface area contributed by atoms with Gasteiger partial charge < -0.3 is 25.5 Å². The Labute approximate surface area is 188 Å². The molecule has 2 aromatic carbocycles. The minimum atomic E-state index is -1.08. The first kappa shape index (κ1) is 23.6. The van der Waals surface area contributed by atoms with Gasteiger partial charge in [-0.2, -0.15) is 0 Å². The summed E-state index contributed by atoms with van der Waals surface area (Å²) in [5, 5.41) is 31.3. The van der Waals surface area contributed by atoms with Crippen molar-refractivity contribution in [3.63, 3.8) is 0 Å². The van der Waals surface area contributed by atoms with Crippen LogP contribution in [0.2, 0.25) is 0 Å². The molecule has 2 unspecified atom stereocenters. The standard InChI is InChI=1S/C25H32N2O5/c1-17-16-27(13-11-25(17,2)19-4-3-5-21(29)15-19)12-10-23(30)26-22(24(31)32)14-18-6-8-20(28)9-7-18/h3-9,15,17,22,28-29H,10-14,16H2,1-2H3,(H,26,30)(H,31,32)/t17?,22-,25?/m0/s1. The van der Waals surface area contributed by atoms with Crippen LogP contribution in [0.15, 0.2) is 48.5 Å². The highest BCUT2D eigenvalue weighted by Gasteiger charge is 2.38. The van der Waals surface area contributed by atoms with E-state index in [2.05, 4.69) is 30.1 Å². The number of phenolic OH excluding ortho intramolecular Hbond substituents is 2. The average Bonchev–Trinajstić information content (AvgIpc) is 2.75. The van der Waals surface area contributed by atoms with Crippen molar-refractivity contribution in [1.82, 2.24) is 10.2 Å². The number of likely N-dealkylation sites (tertiary alicyclic amines) is 1. The quantitative estimate of drug-likeness (QED) is 0.502. The molecule has 7 heteroatoms. The normalized spacial score (nSPS) is 22.2. The van der Waals surface area contributed by atoms with Crippen molar-refractivity contribution in [2.45, 2.75) is 44.6 Å². The molecule has 0 saturated carbocycles. The van der Waals surface area contributed by atoms with Crippen LogP contribution in [0.4, 0.5) is 0 Å². The monoisotopic (exact) mass is 440 g/mol. The lowest BCUT2D eigenvalue weighted by atomic mass is 9.68. The number of carbonyl (C=O) groups is 2. The molecular formula is C25H32N2O5. The summed E-state index contributed by atoms with van der Waals surface area (Å²) in [6.07, 6.45) is 1.30. The van der Waals surface area contributed by atoms with Crippen LogP contribution >= 0.6 is 0 Å². The van der Waals surface area contributed by atoms with Crippen LogP contribution in [0, 0.1) is 5.92 Å². The number of nitrogens with zero attached hydrogens (tertiary/aromatic N) is 1. The third-order valence-corrected chi connectivity index (χ3v) is 6.74. The van der Waals surface area contributed by atoms with Crippen LogP contribution in [0.3, 0.4) is 0 Å². The van der Waals surface area contributed by atoms with Crippen molar-refractivity contribution in [2.24, 2.45) is 5.92 Å². The smallest absolute Gasteiger partial charge is 0.326 e. The van der Waals surface area contributed by atoms with Crippen molar-refractivity contribution in [1.29, 1.82) is 0 Å². The summed E-state index contributed by atoms with van der Waals surface area (Å²) in [5.74, 6) is -0.650. The zero-order valence-corrected chi connectivity index (χ0v) is 18.6. The van der Waals surface area contributed by atoms with Crippen LogP contribution in [-0.2, 0) is 21.4 Å². The fourth-order valence-corrected chi connectivity index (χ4v) is 4.40. The minimum absolute atomic E-state index is 0.0456. The van der Waals surface area contributed by atoms with E-state index in [1.54, 1.807) is 18.2 Å². The number of phenols is 2. The number of hydrogen-bond donors (Lipinski definition) is 4. The maximum Gasteiger partial charge on any atom is 0.326 e. The summed E-state index contributed by atoms with van der Waals surface area (Å²) in [7, 11) is 0. The third-order valence-electron chi connectivity index (χ3n) is 6.74. The van der Waals surface area contributed by atoms with Gasteiger partial charge in [-0.3, -0.25) is 4.79 Å². The molecule has 7 nitrogen and oxygen atoms in total. The number of carbonyl (C=O) groups excluding carboxylic acids is 1. The van der Waals surface area contributed by atoms with E-state index in [9.17, 15) is 24.9 Å². The van der Waals surface area contributed by atoms with Gasteiger partial charge in [0.15, 0.2) is 0 Å². The van der Waals surface area contributed by atoms with E-state index < -0.39 is 12.0 Å². The Balaban J connectivity index is 1.51. The molecular weight excluding hydrogens is 408 g/mol. The molecule has 3 rings (SSSR count). The molecule has 1 saturated heterocycles. The molecule has 2 aromatic rings. The number of hydrogen-bond acceptors (Lipinski definition) is 5. The molecule has 0 radical (unpaired) electrons. The number of nitrogens with one attached hydrogen (secondary N) is 1. The number of carboxylic acids is 1. The number of carboxylic acid groups (broad SMARTS) is 1. The highest BCUT2D eigenvalue weighted by Crippen LogP contribution is 2.40. The van der Waals surface area contributed by atoms with Gasteiger partial charge in [-0.05, 0) is 59.7 Å². The molecule has 32 heavy (non-hydrogen) atoms. The molecule has 0 aromatic heterocycles. The summed E-state index contributed by atoms with van der Waals surface area (Å²) < 4.78 is 0. The summed E-state index contributed by atoms with van der Waals surface area (Å²) in [6, 6.07) is 12.7. The van der Waals surface area contributed by atoms with Crippen molar-refractivity contribution >= 4 is 11.9 Å². The van der Waals surface area contributed by atoms with Crippen LogP contribution in [0.5, 0.6) is 11.5 Å². The maximum absolute atomic E-state index is 12.4. The highest BCUT2D eigenvalue weighted by molar-refractivity contribution is 5.83. The van der Waals surface area contributed by atoms with Gasteiger partial charge >= 0.3 is 5.97 Å². The molecule has 0 bridgehead atoms. The second kappa shape index (κ2) is 10.0. The van der Waals surface area contributed by atoms with Gasteiger partial charge in [0.25, 0.3) is 0 Å². The van der Waals surface area contributed by atoms with E-state index in [1.165, 1.54) is 12.1 Å². The predicted molar refractivity (Wildman–Crippen MR) is 122 cm³/mol. The second-order valence-electron chi connectivity index (χ2n) is 9.00. The van der Waals surface area contributed by atoms with Gasteiger partial charge in [0.2, 0.25) is 5.91 Å². The van der Waals surface area contributed by atoms with Crippen LogP contribution in [0.1, 0.15) is 37.8 Å². The Morgan fingerprint density at radius 3 is 2.50 bits per heavy atom. The predicted octanol–water partition coefficient (Wildman–Crippen LogP) is 2.90. The number of amides is 1. The van der Waals surface area contributed by atoms with E-state index in [1.807, 2.05) is 12.1 Å². The lowest BCUT2D eigenvalue weighted by Gasteiger charge is -2.45. The fraction of sp³-hybridized carbons (Fsp3) is 0.440. The van der Waals surface area contributed by atoms with E-state index in [4.69, 9.17) is 0 Å². The number of aliphatic carboxylic acids is 1. The van der Waals surface area contributed by atoms with Crippen LogP contribution in [0.25, 0.3) is 0 Å². The number of rotatable bonds is 8. The van der Waals surface area contributed by atoms with Gasteiger partial charge in [0, 0.05) is 25.9 Å². The summed E-state index contributed by atoms with van der Waals surface area (Å²) in [6.45, 7) is 6.64. The lowest BCUT2D eigenvalue weighted by molar-refractivity contribution is -0.141. The topological polar surface area (TPSA) is 110 Å². The van der Waals surface area contributed by atoms with E-state index in [-0.39, 0.29) is 35.7 Å². The van der Waals surface area contributed by atoms with Gasteiger partial charge in [0.1, 0.15) is 17.5 Å². The Morgan fingerprint density at radius 1 is 1.16 bits per heavy atom. The van der Waals surface area contributed by atoms with Gasteiger partial charge in [0.05, 0.1) is 0 Å². The molecule has 0 aliphatic carbocycles. The minimum Gasteiger partial charge on any atom is -0.508 e. The molecule has 172 valence electrons. The van der Waals surface area contributed by atoms with Gasteiger partial charge in [-0.1, -0.05) is 38.1 Å². The van der Waals surface area contributed by atoms with Crippen LogP contribution < -0.4 is 5.32 Å². The molecule has 3 atom stereocenters. The molecule has 4 N–H and O–H groups in total. The zero-order valence-electron chi connectivity index (χ0n) is 18.6. The zero-order chi connectivity index (χ0) is 23.3. The third kappa shape index (κ3) is 5.79. The van der Waals surface area contributed by atoms with Crippen molar-refractivity contribution in [3.8, 4) is 11.5 Å². The van der Waals surface area contributed by atoms with E-state index in [0.717, 1.165) is 30.6 Å². The van der Waals surface area contributed by atoms with Crippen molar-refractivity contribution in [2.75, 3.05) is 19.6 Å². The maximum atomic E-state index is 12.4. The molecule has 1 heterocycles. The Hall–Kier alpha value is -3.06. The molecule has 1 aliphatic heterocycles. The Kier molecular flexibility index (Phi) is 7.40. The summed E-state index contributed by atoms with van der Waals surface area (Å²) in [5.41, 5.74) is 1.81. The first-order chi connectivity index (χ1) is 15.2. The first-order valence-electron chi connectivity index (χ1n) is 11.0. The van der Waals surface area contributed by atoms with Crippen molar-refractivity contribution in [3.05, 3.63) is 59.7 Å². The molecule has 1 fully saturated rings. The largest absolute Gasteiger partial charge is 0.508 e.